The third-order valence-corrected chi connectivity index (χ3v) is 5.82. The normalized spacial score (nSPS) is 11.9. The number of rotatable bonds is 6. The van der Waals surface area contributed by atoms with Gasteiger partial charge in [0.2, 0.25) is 5.91 Å². The lowest BCUT2D eigenvalue weighted by atomic mass is 10.2. The standard InChI is InChI=1S/C24H20FN3O2S/c1-16(22(29)26-15-17-8-3-2-4-9-17)31-24-27-21-13-6-5-12-20(21)23(30)28(24)19-11-7-10-18(25)14-19/h2-14,16H,15H2,1H3,(H,26,29). The van der Waals surface area contributed by atoms with Crippen molar-refractivity contribution in [2.75, 3.05) is 0 Å². The Morgan fingerprint density at radius 2 is 1.81 bits per heavy atom. The molecule has 0 aliphatic carbocycles. The van der Waals surface area contributed by atoms with Gasteiger partial charge in [0.25, 0.3) is 5.56 Å². The van der Waals surface area contributed by atoms with Gasteiger partial charge in [-0.15, -0.1) is 0 Å². The van der Waals surface area contributed by atoms with Gasteiger partial charge in [-0.2, -0.15) is 0 Å². The molecular formula is C24H20FN3O2S. The molecule has 1 amide bonds. The Kier molecular flexibility index (Phi) is 6.13. The Bertz CT molecular complexity index is 1290. The molecule has 0 aliphatic rings. The van der Waals surface area contributed by atoms with Gasteiger partial charge in [0.15, 0.2) is 5.16 Å². The summed E-state index contributed by atoms with van der Waals surface area (Å²) in [6.07, 6.45) is 0. The summed E-state index contributed by atoms with van der Waals surface area (Å²) in [5.41, 5.74) is 1.58. The zero-order valence-electron chi connectivity index (χ0n) is 16.8. The fourth-order valence-electron chi connectivity index (χ4n) is 3.17. The Hall–Kier alpha value is -3.45. The van der Waals surface area contributed by atoms with Gasteiger partial charge in [-0.25, -0.2) is 9.37 Å². The fraction of sp³-hybridized carbons (Fsp3) is 0.125. The maximum atomic E-state index is 13.9. The van der Waals surface area contributed by atoms with Gasteiger partial charge in [-0.05, 0) is 42.8 Å². The van der Waals surface area contributed by atoms with E-state index in [9.17, 15) is 14.0 Å². The number of nitrogens with zero attached hydrogens (tertiary/aromatic N) is 2. The van der Waals surface area contributed by atoms with Crippen LogP contribution >= 0.6 is 11.8 Å². The van der Waals surface area contributed by atoms with Gasteiger partial charge in [0.1, 0.15) is 5.82 Å². The van der Waals surface area contributed by atoms with Crippen LogP contribution in [-0.4, -0.2) is 20.7 Å². The Labute approximate surface area is 182 Å². The van der Waals surface area contributed by atoms with Gasteiger partial charge in [0, 0.05) is 6.54 Å². The van der Waals surface area contributed by atoms with Gasteiger partial charge >= 0.3 is 0 Å². The van der Waals surface area contributed by atoms with Crippen molar-refractivity contribution >= 4 is 28.6 Å². The van der Waals surface area contributed by atoms with Crippen LogP contribution in [0.4, 0.5) is 4.39 Å². The lowest BCUT2D eigenvalue weighted by Gasteiger charge is -2.16. The summed E-state index contributed by atoms with van der Waals surface area (Å²) in [7, 11) is 0. The van der Waals surface area contributed by atoms with E-state index in [1.807, 2.05) is 30.3 Å². The molecule has 0 bridgehead atoms. The predicted octanol–water partition coefficient (Wildman–Crippen LogP) is 4.32. The summed E-state index contributed by atoms with van der Waals surface area (Å²) >= 11 is 1.16. The van der Waals surface area contributed by atoms with E-state index >= 15 is 0 Å². The zero-order chi connectivity index (χ0) is 21.8. The van der Waals surface area contributed by atoms with Crippen molar-refractivity contribution in [3.8, 4) is 5.69 Å². The lowest BCUT2D eigenvalue weighted by molar-refractivity contribution is -0.120. The van der Waals surface area contributed by atoms with E-state index in [1.165, 1.54) is 22.8 Å². The predicted molar refractivity (Wildman–Crippen MR) is 121 cm³/mol. The number of halogens is 1. The highest BCUT2D eigenvalue weighted by atomic mass is 32.2. The minimum Gasteiger partial charge on any atom is -0.351 e. The molecule has 5 nitrogen and oxygen atoms in total. The molecule has 0 spiro atoms. The van der Waals surface area contributed by atoms with Gasteiger partial charge in [-0.1, -0.05) is 60.3 Å². The summed E-state index contributed by atoms with van der Waals surface area (Å²) in [5.74, 6) is -0.635. The number of benzene rings is 3. The summed E-state index contributed by atoms with van der Waals surface area (Å²) in [6, 6.07) is 22.4. The van der Waals surface area contributed by atoms with Gasteiger partial charge < -0.3 is 5.32 Å². The Morgan fingerprint density at radius 3 is 2.58 bits per heavy atom. The average Bonchev–Trinajstić information content (AvgIpc) is 2.78. The van der Waals surface area contributed by atoms with Crippen molar-refractivity contribution in [1.82, 2.24) is 14.9 Å². The number of para-hydroxylation sites is 1. The minimum atomic E-state index is -0.517. The van der Waals surface area contributed by atoms with Crippen molar-refractivity contribution in [3.63, 3.8) is 0 Å². The number of hydrogen-bond acceptors (Lipinski definition) is 4. The SMILES string of the molecule is CC(Sc1nc2ccccc2c(=O)n1-c1cccc(F)c1)C(=O)NCc1ccccc1. The molecule has 0 fully saturated rings. The number of nitrogens with one attached hydrogen (secondary N) is 1. The molecule has 7 heteroatoms. The van der Waals surface area contributed by atoms with Crippen molar-refractivity contribution in [2.24, 2.45) is 0 Å². The third-order valence-electron chi connectivity index (χ3n) is 4.77. The second-order valence-corrected chi connectivity index (χ2v) is 8.30. The molecule has 4 aromatic rings. The van der Waals surface area contributed by atoms with Crippen LogP contribution in [0.3, 0.4) is 0 Å². The molecule has 1 aromatic heterocycles. The van der Waals surface area contributed by atoms with E-state index in [0.29, 0.717) is 28.3 Å². The molecule has 156 valence electrons. The molecule has 1 unspecified atom stereocenters. The molecule has 0 saturated carbocycles. The molecule has 1 N–H and O–H groups in total. The number of hydrogen-bond donors (Lipinski definition) is 1. The number of fused-ring (bicyclic) bond motifs is 1. The molecule has 31 heavy (non-hydrogen) atoms. The largest absolute Gasteiger partial charge is 0.351 e. The Morgan fingerprint density at radius 1 is 1.06 bits per heavy atom. The Balaban J connectivity index is 1.66. The number of thioether (sulfide) groups is 1. The van der Waals surface area contributed by atoms with E-state index in [0.717, 1.165) is 17.3 Å². The quantitative estimate of drug-likeness (QED) is 0.363. The number of carbonyl (C=O) groups excluding carboxylic acids is 1. The van der Waals surface area contributed by atoms with Crippen molar-refractivity contribution < 1.29 is 9.18 Å². The van der Waals surface area contributed by atoms with Crippen molar-refractivity contribution in [1.29, 1.82) is 0 Å². The highest BCUT2D eigenvalue weighted by molar-refractivity contribution is 8.00. The second-order valence-electron chi connectivity index (χ2n) is 7.00. The van der Waals surface area contributed by atoms with E-state index in [2.05, 4.69) is 10.3 Å². The highest BCUT2D eigenvalue weighted by Gasteiger charge is 2.20. The molecule has 0 aliphatic heterocycles. The van der Waals surface area contributed by atoms with Crippen LogP contribution in [0, 0.1) is 5.82 Å². The van der Waals surface area contributed by atoms with Crippen LogP contribution in [0.25, 0.3) is 16.6 Å². The van der Waals surface area contributed by atoms with Crippen LogP contribution in [0.15, 0.2) is 88.8 Å². The molecule has 0 saturated heterocycles. The highest BCUT2D eigenvalue weighted by Crippen LogP contribution is 2.25. The van der Waals surface area contributed by atoms with Gasteiger partial charge in [-0.3, -0.25) is 14.2 Å². The summed E-state index contributed by atoms with van der Waals surface area (Å²) < 4.78 is 15.2. The maximum absolute atomic E-state index is 13.9. The molecule has 1 atom stereocenters. The summed E-state index contributed by atoms with van der Waals surface area (Å²) in [4.78, 5) is 30.5. The summed E-state index contributed by atoms with van der Waals surface area (Å²) in [6.45, 7) is 2.16. The number of carbonyl (C=O) groups is 1. The van der Waals surface area contributed by atoms with Gasteiger partial charge in [0.05, 0.1) is 21.8 Å². The van der Waals surface area contributed by atoms with Crippen LogP contribution in [-0.2, 0) is 11.3 Å². The van der Waals surface area contributed by atoms with Crippen molar-refractivity contribution in [2.45, 2.75) is 23.9 Å². The molecule has 3 aromatic carbocycles. The third kappa shape index (κ3) is 4.67. The first-order valence-electron chi connectivity index (χ1n) is 9.79. The molecular weight excluding hydrogens is 413 g/mol. The topological polar surface area (TPSA) is 64.0 Å². The molecule has 1 heterocycles. The summed E-state index contributed by atoms with van der Waals surface area (Å²) in [5, 5.41) is 3.15. The first-order valence-corrected chi connectivity index (χ1v) is 10.7. The van der Waals surface area contributed by atoms with E-state index in [4.69, 9.17) is 0 Å². The monoisotopic (exact) mass is 433 g/mol. The average molecular weight is 434 g/mol. The smallest absolute Gasteiger partial charge is 0.266 e. The first-order chi connectivity index (χ1) is 15.0. The fourth-order valence-corrected chi connectivity index (χ4v) is 4.13. The first kappa shape index (κ1) is 20.8. The van der Waals surface area contributed by atoms with E-state index < -0.39 is 11.1 Å². The zero-order valence-corrected chi connectivity index (χ0v) is 17.6. The minimum absolute atomic E-state index is 0.179. The van der Waals surface area contributed by atoms with Crippen molar-refractivity contribution in [3.05, 3.63) is 101 Å². The number of amides is 1. The molecule has 4 rings (SSSR count). The maximum Gasteiger partial charge on any atom is 0.266 e. The van der Waals surface area contributed by atoms with Crippen LogP contribution in [0.1, 0.15) is 12.5 Å². The van der Waals surface area contributed by atoms with E-state index in [1.54, 1.807) is 37.3 Å². The van der Waals surface area contributed by atoms with Crippen LogP contribution in [0.5, 0.6) is 0 Å². The van der Waals surface area contributed by atoms with E-state index in [-0.39, 0.29) is 11.5 Å². The number of aromatic nitrogens is 2. The van der Waals surface area contributed by atoms with Crippen LogP contribution < -0.4 is 10.9 Å². The second kappa shape index (κ2) is 9.14. The molecule has 0 radical (unpaired) electrons. The lowest BCUT2D eigenvalue weighted by Crippen LogP contribution is -2.31. The van der Waals surface area contributed by atoms with Crippen LogP contribution in [0.2, 0.25) is 0 Å².